The number of carbonyl (C=O) groups is 2. The van der Waals surface area contributed by atoms with E-state index in [1.807, 2.05) is 0 Å². The minimum Gasteiger partial charge on any atom is -0.463 e. The molecular formula is C25H22F4N2O3. The standard InChI is InChI=1S/C25H22F4N2O3/c1-2-34-24(33)22-20(14-9-11-16(26)12-10-14)21-18(7-4-8-19(21)32)31(23(22)30)17-6-3-5-15(13-17)25(27,28)29/h3,5-6,9-13,20H,2,4,7-8,30H2,1H3. The molecule has 0 fully saturated rings. The predicted molar refractivity (Wildman–Crippen MR) is 117 cm³/mol. The van der Waals surface area contributed by atoms with Gasteiger partial charge in [0.15, 0.2) is 5.78 Å². The highest BCUT2D eigenvalue weighted by Gasteiger charge is 2.43. The molecule has 0 spiro atoms. The third-order valence-corrected chi connectivity index (χ3v) is 5.92. The SMILES string of the molecule is CCOC(=O)C1=C(N)N(c2cccc(C(F)(F)F)c2)C2=C(C(=O)CCC2)C1c1ccc(F)cc1. The molecule has 1 aliphatic heterocycles. The van der Waals surface area contributed by atoms with Gasteiger partial charge in [0, 0.05) is 23.4 Å². The van der Waals surface area contributed by atoms with Crippen molar-refractivity contribution in [3.05, 3.63) is 88.1 Å². The zero-order valence-electron chi connectivity index (χ0n) is 18.3. The molecule has 0 saturated heterocycles. The van der Waals surface area contributed by atoms with Gasteiger partial charge in [0.05, 0.1) is 23.7 Å². The molecule has 1 heterocycles. The van der Waals surface area contributed by atoms with E-state index in [0.717, 1.165) is 12.1 Å². The van der Waals surface area contributed by atoms with E-state index in [0.29, 0.717) is 24.1 Å². The summed E-state index contributed by atoms with van der Waals surface area (Å²) in [6.07, 6.45) is -3.54. The van der Waals surface area contributed by atoms with Gasteiger partial charge < -0.3 is 10.5 Å². The molecule has 0 amide bonds. The van der Waals surface area contributed by atoms with E-state index < -0.39 is 29.4 Å². The van der Waals surface area contributed by atoms with Crippen LogP contribution in [0.4, 0.5) is 23.2 Å². The first-order valence-electron chi connectivity index (χ1n) is 10.8. The lowest BCUT2D eigenvalue weighted by molar-refractivity contribution is -0.139. The third kappa shape index (κ3) is 4.18. The van der Waals surface area contributed by atoms with Crippen LogP contribution in [0.15, 0.2) is 71.2 Å². The smallest absolute Gasteiger partial charge is 0.416 e. The van der Waals surface area contributed by atoms with Crippen molar-refractivity contribution >= 4 is 17.4 Å². The summed E-state index contributed by atoms with van der Waals surface area (Å²) in [7, 11) is 0. The third-order valence-electron chi connectivity index (χ3n) is 5.92. The van der Waals surface area contributed by atoms with Crippen LogP contribution >= 0.6 is 0 Å². The first-order valence-corrected chi connectivity index (χ1v) is 10.8. The Morgan fingerprint density at radius 2 is 1.85 bits per heavy atom. The fourth-order valence-corrected chi connectivity index (χ4v) is 4.50. The van der Waals surface area contributed by atoms with Crippen molar-refractivity contribution in [1.29, 1.82) is 0 Å². The van der Waals surface area contributed by atoms with Crippen molar-refractivity contribution in [3.63, 3.8) is 0 Å². The average Bonchev–Trinajstić information content (AvgIpc) is 2.79. The molecule has 2 aromatic rings. The Kier molecular flexibility index (Phi) is 6.20. The van der Waals surface area contributed by atoms with Crippen LogP contribution < -0.4 is 10.6 Å². The summed E-state index contributed by atoms with van der Waals surface area (Å²) in [6, 6.07) is 9.87. The number of ether oxygens (including phenoxy) is 1. The lowest BCUT2D eigenvalue weighted by Crippen LogP contribution is -2.41. The van der Waals surface area contributed by atoms with E-state index in [1.54, 1.807) is 6.92 Å². The Labute approximate surface area is 193 Å². The molecule has 5 nitrogen and oxygen atoms in total. The molecule has 2 aromatic carbocycles. The van der Waals surface area contributed by atoms with Crippen molar-refractivity contribution in [2.24, 2.45) is 5.73 Å². The molecule has 1 unspecified atom stereocenters. The van der Waals surface area contributed by atoms with Gasteiger partial charge >= 0.3 is 12.1 Å². The summed E-state index contributed by atoms with van der Waals surface area (Å²) in [4.78, 5) is 27.6. The van der Waals surface area contributed by atoms with E-state index >= 15 is 0 Å². The van der Waals surface area contributed by atoms with Crippen LogP contribution in [0.5, 0.6) is 0 Å². The lowest BCUT2D eigenvalue weighted by Gasteiger charge is -2.40. The number of allylic oxidation sites excluding steroid dienone is 2. The number of esters is 1. The number of hydrogen-bond donors (Lipinski definition) is 1. The zero-order valence-corrected chi connectivity index (χ0v) is 18.3. The van der Waals surface area contributed by atoms with Gasteiger partial charge in [-0.1, -0.05) is 18.2 Å². The number of anilines is 1. The molecule has 0 bridgehead atoms. The largest absolute Gasteiger partial charge is 0.463 e. The molecule has 2 aliphatic rings. The normalized spacial score (nSPS) is 18.8. The fourth-order valence-electron chi connectivity index (χ4n) is 4.50. The number of rotatable bonds is 4. The summed E-state index contributed by atoms with van der Waals surface area (Å²) < 4.78 is 59.1. The topological polar surface area (TPSA) is 72.6 Å². The number of hydrogen-bond acceptors (Lipinski definition) is 5. The Hall–Kier alpha value is -3.62. The van der Waals surface area contributed by atoms with E-state index in [2.05, 4.69) is 0 Å². The van der Waals surface area contributed by atoms with Crippen molar-refractivity contribution in [1.82, 2.24) is 0 Å². The van der Waals surface area contributed by atoms with E-state index in [9.17, 15) is 27.2 Å². The van der Waals surface area contributed by atoms with Crippen LogP contribution in [0.25, 0.3) is 0 Å². The molecule has 0 aromatic heterocycles. The number of nitrogens with two attached hydrogens (primary N) is 1. The van der Waals surface area contributed by atoms with E-state index in [-0.39, 0.29) is 41.5 Å². The molecule has 9 heteroatoms. The Balaban J connectivity index is 1.98. The zero-order chi connectivity index (χ0) is 24.6. The fraction of sp³-hybridized carbons (Fsp3) is 0.280. The van der Waals surface area contributed by atoms with Crippen molar-refractivity contribution in [2.75, 3.05) is 11.5 Å². The van der Waals surface area contributed by atoms with Crippen molar-refractivity contribution in [3.8, 4) is 0 Å². The van der Waals surface area contributed by atoms with Gasteiger partial charge in [0.25, 0.3) is 0 Å². The monoisotopic (exact) mass is 474 g/mol. The summed E-state index contributed by atoms with van der Waals surface area (Å²) >= 11 is 0. The summed E-state index contributed by atoms with van der Waals surface area (Å²) in [6.45, 7) is 1.63. The molecule has 1 aliphatic carbocycles. The molecule has 1 atom stereocenters. The van der Waals surface area contributed by atoms with Crippen LogP contribution in [0.1, 0.15) is 43.2 Å². The van der Waals surface area contributed by atoms with Crippen LogP contribution in [0, 0.1) is 5.82 Å². The van der Waals surface area contributed by atoms with E-state index in [1.165, 1.54) is 41.3 Å². The number of carbonyl (C=O) groups excluding carboxylic acids is 2. The van der Waals surface area contributed by atoms with Gasteiger partial charge in [-0.3, -0.25) is 9.69 Å². The maximum absolute atomic E-state index is 13.6. The van der Waals surface area contributed by atoms with Gasteiger partial charge in [-0.2, -0.15) is 13.2 Å². The second kappa shape index (κ2) is 8.96. The number of ketones is 1. The summed E-state index contributed by atoms with van der Waals surface area (Å²) in [5, 5.41) is 0. The molecule has 0 saturated carbocycles. The lowest BCUT2D eigenvalue weighted by atomic mass is 9.75. The van der Waals surface area contributed by atoms with Gasteiger partial charge in [-0.05, 0) is 55.7 Å². The predicted octanol–water partition coefficient (Wildman–Crippen LogP) is 5.19. The summed E-state index contributed by atoms with van der Waals surface area (Å²) in [5.41, 5.74) is 6.72. The number of benzene rings is 2. The van der Waals surface area contributed by atoms with Crippen molar-refractivity contribution in [2.45, 2.75) is 38.3 Å². The Morgan fingerprint density at radius 1 is 1.15 bits per heavy atom. The van der Waals surface area contributed by atoms with E-state index in [4.69, 9.17) is 10.5 Å². The second-order valence-electron chi connectivity index (χ2n) is 8.02. The molecule has 178 valence electrons. The number of nitrogens with zero attached hydrogens (tertiary/aromatic N) is 1. The maximum Gasteiger partial charge on any atom is 0.416 e. The highest BCUT2D eigenvalue weighted by atomic mass is 19.4. The van der Waals surface area contributed by atoms with Gasteiger partial charge in [0.2, 0.25) is 0 Å². The van der Waals surface area contributed by atoms with Gasteiger partial charge in [0.1, 0.15) is 11.6 Å². The van der Waals surface area contributed by atoms with Gasteiger partial charge in [-0.15, -0.1) is 0 Å². The number of Topliss-reactive ketones (excluding diaryl/α,β-unsaturated/α-hetero) is 1. The molecular weight excluding hydrogens is 452 g/mol. The summed E-state index contributed by atoms with van der Waals surface area (Å²) in [5.74, 6) is -2.59. The molecule has 2 N–H and O–H groups in total. The second-order valence-corrected chi connectivity index (χ2v) is 8.02. The van der Waals surface area contributed by atoms with Crippen LogP contribution in [0.3, 0.4) is 0 Å². The Bertz CT molecular complexity index is 1200. The first kappa shape index (κ1) is 23.5. The highest BCUT2D eigenvalue weighted by Crippen LogP contribution is 2.47. The average molecular weight is 474 g/mol. The van der Waals surface area contributed by atoms with Crippen LogP contribution in [-0.2, 0) is 20.5 Å². The minimum atomic E-state index is -4.59. The van der Waals surface area contributed by atoms with Crippen LogP contribution in [-0.4, -0.2) is 18.4 Å². The van der Waals surface area contributed by atoms with Crippen LogP contribution in [0.2, 0.25) is 0 Å². The Morgan fingerprint density at radius 3 is 2.50 bits per heavy atom. The molecule has 34 heavy (non-hydrogen) atoms. The maximum atomic E-state index is 13.6. The van der Waals surface area contributed by atoms with Crippen molar-refractivity contribution < 1.29 is 31.9 Å². The number of halogens is 4. The molecule has 0 radical (unpaired) electrons. The highest BCUT2D eigenvalue weighted by molar-refractivity contribution is 6.05. The first-order chi connectivity index (χ1) is 16.1. The minimum absolute atomic E-state index is 0.0230. The molecule has 4 rings (SSSR count). The quantitative estimate of drug-likeness (QED) is 0.488. The number of alkyl halides is 3. The van der Waals surface area contributed by atoms with Gasteiger partial charge in [-0.25, -0.2) is 9.18 Å².